The molecule has 0 unspecified atom stereocenters. The number of nitrogens with zero attached hydrogens (tertiary/aromatic N) is 8. The first-order chi connectivity index (χ1) is 33.2. The Labute approximate surface area is 406 Å². The van der Waals surface area contributed by atoms with E-state index in [-0.39, 0.29) is 71.2 Å². The van der Waals surface area contributed by atoms with Crippen LogP contribution in [0.4, 0.5) is 11.4 Å². The molecule has 7 aromatic heterocycles. The Balaban J connectivity index is 0.000000153. The molecule has 11 aromatic rings. The fourth-order valence-electron chi connectivity index (χ4n) is 7.92. The van der Waals surface area contributed by atoms with Crippen molar-refractivity contribution in [2.24, 2.45) is 0 Å². The van der Waals surface area contributed by atoms with Crippen LogP contribution in [0.3, 0.4) is 0 Å². The molecule has 4 aromatic carbocycles. The molecular weight excluding hydrogens is 962 g/mol. The quantitative estimate of drug-likeness (QED) is 0.0778. The molecule has 0 saturated heterocycles. The number of para-hydroxylation sites is 2. The Morgan fingerprint density at radius 2 is 0.739 bits per heavy atom. The largest absolute Gasteiger partial charge is 2.00 e. The van der Waals surface area contributed by atoms with Crippen LogP contribution in [0.5, 0.6) is 0 Å². The maximum Gasteiger partial charge on any atom is 2.00 e. The van der Waals surface area contributed by atoms with Gasteiger partial charge in [-0.3, -0.25) is 39.5 Å². The van der Waals surface area contributed by atoms with Crippen molar-refractivity contribution in [3.05, 3.63) is 146 Å². The number of fused-ring (bicyclic) bond motifs is 13. The van der Waals surface area contributed by atoms with Gasteiger partial charge in [0.05, 0.1) is 66.5 Å². The van der Waals surface area contributed by atoms with Crippen LogP contribution in [0, 0.1) is 0 Å². The normalized spacial score (nSPS) is 10.9. The average molecular weight is 1000 g/mol. The predicted molar refractivity (Wildman–Crippen MR) is 258 cm³/mol. The van der Waals surface area contributed by atoms with Crippen molar-refractivity contribution in [2.45, 2.75) is 38.5 Å². The number of nitrogens with one attached hydrogen (secondary N) is 2. The molecule has 0 fully saturated rings. The summed E-state index contributed by atoms with van der Waals surface area (Å²) in [6.07, 6.45) is 10.8. The third-order valence-corrected chi connectivity index (χ3v) is 11.0. The number of anilines is 2. The molecule has 0 aliphatic heterocycles. The molecule has 2 N–H and O–H groups in total. The predicted octanol–water partition coefficient (Wildman–Crippen LogP) is 7.27. The van der Waals surface area contributed by atoms with Gasteiger partial charge in [-0.05, 0) is 111 Å². The number of carboxylic acids is 2. The van der Waals surface area contributed by atoms with Crippen LogP contribution in [0.1, 0.15) is 40.0 Å². The molecule has 0 bridgehead atoms. The zero-order valence-electron chi connectivity index (χ0n) is 37.5. The smallest absolute Gasteiger partial charge is 0.550 e. The summed E-state index contributed by atoms with van der Waals surface area (Å²) in [5.41, 5.74) is 9.56. The van der Waals surface area contributed by atoms with Gasteiger partial charge in [0.25, 0.3) is 0 Å². The first kappa shape index (κ1) is 47.0. The summed E-state index contributed by atoms with van der Waals surface area (Å²) in [4.78, 5) is 80.9. The van der Waals surface area contributed by atoms with Crippen LogP contribution < -0.4 is 20.8 Å². The summed E-state index contributed by atoms with van der Waals surface area (Å²) in [5, 5.41) is 31.8. The number of carbonyl (C=O) groups excluding carboxylic acids is 4. The minimum absolute atomic E-state index is 0. The van der Waals surface area contributed by atoms with Crippen LogP contribution in [-0.2, 0) is 38.7 Å². The van der Waals surface area contributed by atoms with Crippen molar-refractivity contribution in [1.29, 1.82) is 0 Å². The summed E-state index contributed by atoms with van der Waals surface area (Å²) < 4.78 is 0. The number of hydrogen-bond acceptors (Lipinski definition) is 14. The van der Waals surface area contributed by atoms with E-state index in [0.29, 0.717) is 11.4 Å². The van der Waals surface area contributed by atoms with Gasteiger partial charge in [0.1, 0.15) is 0 Å². The number of rotatable bonds is 10. The summed E-state index contributed by atoms with van der Waals surface area (Å²) in [7, 11) is 0. The van der Waals surface area contributed by atoms with E-state index in [1.807, 2.05) is 97.1 Å². The van der Waals surface area contributed by atoms with Crippen molar-refractivity contribution in [1.82, 2.24) is 39.9 Å². The van der Waals surface area contributed by atoms with Crippen LogP contribution in [-0.4, -0.2) is 63.6 Å². The Bertz CT molecular complexity index is 3510. The molecule has 16 nitrogen and oxygen atoms in total. The zero-order valence-corrected chi connectivity index (χ0v) is 38.2. The van der Waals surface area contributed by atoms with Gasteiger partial charge < -0.3 is 30.4 Å². The van der Waals surface area contributed by atoms with E-state index in [4.69, 9.17) is 9.97 Å². The minimum Gasteiger partial charge on any atom is -0.550 e. The van der Waals surface area contributed by atoms with E-state index in [9.17, 15) is 29.4 Å². The van der Waals surface area contributed by atoms with E-state index in [1.165, 1.54) is 0 Å². The first-order valence-corrected chi connectivity index (χ1v) is 21.6. The van der Waals surface area contributed by atoms with E-state index < -0.39 is 11.9 Å². The van der Waals surface area contributed by atoms with Gasteiger partial charge in [-0.1, -0.05) is 24.3 Å². The molecule has 0 aliphatic rings. The number of pyridine rings is 6. The van der Waals surface area contributed by atoms with E-state index in [1.54, 1.807) is 49.3 Å². The van der Waals surface area contributed by atoms with E-state index in [0.717, 1.165) is 87.5 Å². The van der Waals surface area contributed by atoms with Gasteiger partial charge in [0.2, 0.25) is 11.8 Å². The number of amides is 2. The molecule has 0 saturated carbocycles. The molecule has 0 radical (unpaired) electrons. The fraction of sp³-hybridized carbons (Fsp3) is 0.115. The van der Waals surface area contributed by atoms with Crippen LogP contribution in [0.15, 0.2) is 146 Å². The summed E-state index contributed by atoms with van der Waals surface area (Å²) >= 11 is 0. The topological polar surface area (TPSA) is 242 Å². The second-order valence-corrected chi connectivity index (χ2v) is 15.6. The second kappa shape index (κ2) is 21.4. The van der Waals surface area contributed by atoms with Crippen LogP contribution in [0.25, 0.3) is 87.5 Å². The van der Waals surface area contributed by atoms with Crippen molar-refractivity contribution in [2.75, 3.05) is 10.6 Å². The number of aliphatic carboxylic acids is 2. The molecule has 0 atom stereocenters. The Morgan fingerprint density at radius 3 is 1.12 bits per heavy atom. The van der Waals surface area contributed by atoms with E-state index in [2.05, 4.69) is 40.5 Å². The molecule has 7 heterocycles. The molecule has 11 rings (SSSR count). The average Bonchev–Trinajstić information content (AvgIpc) is 3.36. The Morgan fingerprint density at radius 1 is 0.406 bits per heavy atom. The van der Waals surface area contributed by atoms with Crippen LogP contribution in [0.2, 0.25) is 0 Å². The van der Waals surface area contributed by atoms with Crippen molar-refractivity contribution < 1.29 is 50.3 Å². The Hall–Kier alpha value is -8.56. The number of carbonyl (C=O) groups is 4. The SMILES string of the molecule is O=C([O-])CCCC(=O)Nc1cc2cccnc2c2ncccc12.O=C([O-])CCCC(=O)Nc1cc2cccnc2c2ncccc12.[H+].[Ru+2].c1ccc2nc3c4cccnc4c4ncccc4c3nc2c1. The monoisotopic (exact) mass is 1000 g/mol. The van der Waals surface area contributed by atoms with Gasteiger partial charge in [-0.2, -0.15) is 0 Å². The van der Waals surface area contributed by atoms with Gasteiger partial charge >= 0.3 is 20.9 Å². The number of carboxylic acid groups (broad SMARTS) is 2. The molecule has 17 heteroatoms. The van der Waals surface area contributed by atoms with Crippen molar-refractivity contribution in [3.8, 4) is 0 Å². The minimum atomic E-state index is -1.15. The van der Waals surface area contributed by atoms with Crippen molar-refractivity contribution in [3.63, 3.8) is 0 Å². The van der Waals surface area contributed by atoms with Gasteiger partial charge in [0.15, 0.2) is 0 Å². The zero-order chi connectivity index (χ0) is 47.0. The third-order valence-electron chi connectivity index (χ3n) is 11.0. The standard InChI is InChI=1S/C18H10N4.2C17H15N3O3.Ru/c1-2-8-14-13(7-1)21-17-11-5-3-9-19-15(11)16-12(18(17)22-14)6-4-10-20-16;2*21-14(6-1-7-15(22)23)20-13-10-11-4-2-8-18-16(11)17-12(13)5-3-9-19-17;/h1-10H;2*2-5,8-10H,1,6-7H2,(H,20,21)(H,22,23);/q;;;+2/p-1. The molecule has 0 aliphatic carbocycles. The maximum atomic E-state index is 12.0. The third kappa shape index (κ3) is 10.5. The number of aromatic nitrogens is 8. The summed E-state index contributed by atoms with van der Waals surface area (Å²) in [6, 6.07) is 34.3. The van der Waals surface area contributed by atoms with Gasteiger partial charge in [-0.25, -0.2) is 9.97 Å². The molecule has 2 amide bonds. The first-order valence-electron chi connectivity index (χ1n) is 21.6. The van der Waals surface area contributed by atoms with E-state index >= 15 is 0 Å². The fourth-order valence-corrected chi connectivity index (χ4v) is 7.92. The summed E-state index contributed by atoms with van der Waals surface area (Å²) in [6.45, 7) is 0. The summed E-state index contributed by atoms with van der Waals surface area (Å²) in [5.74, 6) is -2.77. The number of benzene rings is 4. The molecule has 69 heavy (non-hydrogen) atoms. The molecule has 0 spiro atoms. The van der Waals surface area contributed by atoms with Crippen LogP contribution >= 0.6 is 0 Å². The van der Waals surface area contributed by atoms with Gasteiger partial charge in [-0.15, -0.1) is 0 Å². The molecular formula is C52H39N10O6Ru+. The molecule has 340 valence electrons. The number of hydrogen-bond donors (Lipinski definition) is 2. The maximum absolute atomic E-state index is 12.0. The Kier molecular flexibility index (Phi) is 14.6. The van der Waals surface area contributed by atoms with Crippen molar-refractivity contribution >= 4 is 123 Å². The van der Waals surface area contributed by atoms with Gasteiger partial charge in [0, 0.05) is 94.3 Å². The second-order valence-electron chi connectivity index (χ2n) is 15.6.